The van der Waals surface area contributed by atoms with Crippen LogP contribution in [0.3, 0.4) is 0 Å². The van der Waals surface area contributed by atoms with Gasteiger partial charge in [-0.05, 0) is 53.5 Å². The molecule has 0 bridgehead atoms. The standard InChI is InChI=1S/C20H22BrClN2O3/c1-13-4-6-15(7-5-13)11-24(14(2)20(26)23-3)19(25)12-27-18-9-8-16(22)10-17(18)21/h4-10,14H,11-12H2,1-3H3,(H,23,26)/t14-/m1/s1. The first-order valence-corrected chi connectivity index (χ1v) is 9.63. The van der Waals surface area contributed by atoms with Crippen LogP contribution in [0, 0.1) is 6.92 Å². The van der Waals surface area contributed by atoms with Crippen LogP contribution < -0.4 is 10.1 Å². The number of carbonyl (C=O) groups is 2. The molecule has 0 saturated heterocycles. The molecule has 0 saturated carbocycles. The van der Waals surface area contributed by atoms with Crippen LogP contribution >= 0.6 is 27.5 Å². The summed E-state index contributed by atoms with van der Waals surface area (Å²) < 4.78 is 6.29. The first-order chi connectivity index (χ1) is 12.8. The fourth-order valence-electron chi connectivity index (χ4n) is 2.50. The summed E-state index contributed by atoms with van der Waals surface area (Å²) in [5.41, 5.74) is 2.07. The number of benzene rings is 2. The Bertz CT molecular complexity index is 811. The molecule has 144 valence electrons. The molecule has 0 aromatic heterocycles. The number of halogens is 2. The molecule has 0 aliphatic carbocycles. The Hall–Kier alpha value is -2.05. The van der Waals surface area contributed by atoms with E-state index in [1.54, 1.807) is 32.2 Å². The maximum atomic E-state index is 12.8. The minimum Gasteiger partial charge on any atom is -0.483 e. The minimum atomic E-state index is -0.624. The van der Waals surface area contributed by atoms with E-state index in [1.165, 1.54) is 4.90 Å². The highest BCUT2D eigenvalue weighted by molar-refractivity contribution is 9.10. The van der Waals surface area contributed by atoms with Crippen LogP contribution in [0.25, 0.3) is 0 Å². The van der Waals surface area contributed by atoms with Gasteiger partial charge in [0.05, 0.1) is 4.47 Å². The third kappa shape index (κ3) is 5.97. The van der Waals surface area contributed by atoms with Crippen molar-refractivity contribution < 1.29 is 14.3 Å². The summed E-state index contributed by atoms with van der Waals surface area (Å²) >= 11 is 9.28. The topological polar surface area (TPSA) is 58.6 Å². The molecule has 2 rings (SSSR count). The van der Waals surface area contributed by atoms with E-state index < -0.39 is 6.04 Å². The van der Waals surface area contributed by atoms with E-state index >= 15 is 0 Å². The average Bonchev–Trinajstić information content (AvgIpc) is 2.65. The van der Waals surface area contributed by atoms with Crippen LogP contribution in [0.2, 0.25) is 5.02 Å². The Labute approximate surface area is 172 Å². The van der Waals surface area contributed by atoms with Crippen molar-refractivity contribution in [2.45, 2.75) is 26.4 Å². The number of likely N-dealkylation sites (N-methyl/N-ethyl adjacent to an activating group) is 1. The van der Waals surface area contributed by atoms with Crippen molar-refractivity contribution in [1.82, 2.24) is 10.2 Å². The van der Waals surface area contributed by atoms with Crippen LogP contribution in [0.4, 0.5) is 0 Å². The van der Waals surface area contributed by atoms with Crippen LogP contribution in [-0.4, -0.2) is 36.4 Å². The van der Waals surface area contributed by atoms with E-state index in [1.807, 2.05) is 31.2 Å². The number of nitrogens with zero attached hydrogens (tertiary/aromatic N) is 1. The van der Waals surface area contributed by atoms with E-state index in [9.17, 15) is 9.59 Å². The number of ether oxygens (including phenoxy) is 1. The molecular weight excluding hydrogens is 432 g/mol. The van der Waals surface area contributed by atoms with Crippen molar-refractivity contribution in [3.8, 4) is 5.75 Å². The Kier molecular flexibility index (Phi) is 7.68. The van der Waals surface area contributed by atoms with Gasteiger partial charge in [-0.15, -0.1) is 0 Å². The zero-order chi connectivity index (χ0) is 20.0. The number of hydrogen-bond donors (Lipinski definition) is 1. The lowest BCUT2D eigenvalue weighted by molar-refractivity contribution is -0.142. The molecule has 7 heteroatoms. The van der Waals surface area contributed by atoms with Crippen molar-refractivity contribution >= 4 is 39.3 Å². The lowest BCUT2D eigenvalue weighted by Crippen LogP contribution is -2.48. The van der Waals surface area contributed by atoms with Crippen molar-refractivity contribution in [1.29, 1.82) is 0 Å². The zero-order valence-corrected chi connectivity index (χ0v) is 17.8. The summed E-state index contributed by atoms with van der Waals surface area (Å²) in [4.78, 5) is 26.4. The van der Waals surface area contributed by atoms with Gasteiger partial charge in [0.2, 0.25) is 5.91 Å². The van der Waals surface area contributed by atoms with Gasteiger partial charge in [0, 0.05) is 18.6 Å². The van der Waals surface area contributed by atoms with Gasteiger partial charge < -0.3 is 15.0 Å². The third-order valence-corrected chi connectivity index (χ3v) is 4.99. The second kappa shape index (κ2) is 9.76. The normalized spacial score (nSPS) is 11.6. The Morgan fingerprint density at radius 2 is 1.89 bits per heavy atom. The van der Waals surface area contributed by atoms with Crippen molar-refractivity contribution in [3.63, 3.8) is 0 Å². The molecule has 2 amide bonds. The van der Waals surface area contributed by atoms with Gasteiger partial charge >= 0.3 is 0 Å². The molecule has 5 nitrogen and oxygen atoms in total. The quantitative estimate of drug-likeness (QED) is 0.690. The van der Waals surface area contributed by atoms with Crippen molar-refractivity contribution in [2.24, 2.45) is 0 Å². The van der Waals surface area contributed by atoms with Crippen molar-refractivity contribution in [2.75, 3.05) is 13.7 Å². The van der Waals surface area contributed by atoms with Gasteiger partial charge in [-0.25, -0.2) is 0 Å². The fraction of sp³-hybridized carbons (Fsp3) is 0.300. The van der Waals surface area contributed by atoms with Gasteiger partial charge in [0.1, 0.15) is 11.8 Å². The number of nitrogens with one attached hydrogen (secondary N) is 1. The van der Waals surface area contributed by atoms with Crippen LogP contribution in [-0.2, 0) is 16.1 Å². The third-order valence-electron chi connectivity index (χ3n) is 4.13. The summed E-state index contributed by atoms with van der Waals surface area (Å²) in [6, 6.07) is 12.3. The van der Waals surface area contributed by atoms with Crippen LogP contribution in [0.5, 0.6) is 5.75 Å². The predicted octanol–water partition coefficient (Wildman–Crippen LogP) is 3.95. The maximum Gasteiger partial charge on any atom is 0.261 e. The molecule has 0 heterocycles. The summed E-state index contributed by atoms with van der Waals surface area (Å²) in [7, 11) is 1.55. The molecule has 0 radical (unpaired) electrons. The molecule has 27 heavy (non-hydrogen) atoms. The van der Waals surface area contributed by atoms with Gasteiger partial charge in [0.15, 0.2) is 6.61 Å². The van der Waals surface area contributed by atoms with Gasteiger partial charge in [-0.3, -0.25) is 9.59 Å². The summed E-state index contributed by atoms with van der Waals surface area (Å²) in [5, 5.41) is 3.15. The number of carbonyl (C=O) groups excluding carboxylic acids is 2. The highest BCUT2D eigenvalue weighted by atomic mass is 79.9. The van der Waals surface area contributed by atoms with Gasteiger partial charge in [-0.2, -0.15) is 0 Å². The Balaban J connectivity index is 2.14. The predicted molar refractivity (Wildman–Crippen MR) is 110 cm³/mol. The van der Waals surface area contributed by atoms with Crippen LogP contribution in [0.1, 0.15) is 18.1 Å². The van der Waals surface area contributed by atoms with E-state index in [-0.39, 0.29) is 18.4 Å². The molecule has 2 aromatic rings. The van der Waals surface area contributed by atoms with E-state index in [2.05, 4.69) is 21.2 Å². The summed E-state index contributed by atoms with van der Waals surface area (Å²) in [5.74, 6) is -0.00714. The highest BCUT2D eigenvalue weighted by Gasteiger charge is 2.26. The lowest BCUT2D eigenvalue weighted by atomic mass is 10.1. The van der Waals surface area contributed by atoms with E-state index in [4.69, 9.17) is 16.3 Å². The maximum absolute atomic E-state index is 12.8. The SMILES string of the molecule is CNC(=O)[C@@H](C)N(Cc1ccc(C)cc1)C(=O)COc1ccc(Cl)cc1Br. The monoisotopic (exact) mass is 452 g/mol. The van der Waals surface area contributed by atoms with Gasteiger partial charge in [-0.1, -0.05) is 41.4 Å². The zero-order valence-electron chi connectivity index (χ0n) is 15.5. The summed E-state index contributed by atoms with van der Waals surface area (Å²) in [6.45, 7) is 3.83. The molecule has 0 aliphatic rings. The van der Waals surface area contributed by atoms with Crippen LogP contribution in [0.15, 0.2) is 46.9 Å². The minimum absolute atomic E-state index is 0.187. The number of aryl methyl sites for hydroxylation is 1. The highest BCUT2D eigenvalue weighted by Crippen LogP contribution is 2.28. The van der Waals surface area contributed by atoms with Gasteiger partial charge in [0.25, 0.3) is 5.91 Å². The Morgan fingerprint density at radius 3 is 2.48 bits per heavy atom. The first kappa shape index (κ1) is 21.3. The molecule has 0 fully saturated rings. The molecular formula is C20H22BrClN2O3. The number of amides is 2. The molecule has 0 unspecified atom stereocenters. The molecule has 0 aliphatic heterocycles. The Morgan fingerprint density at radius 1 is 1.22 bits per heavy atom. The molecule has 0 spiro atoms. The first-order valence-electron chi connectivity index (χ1n) is 8.46. The molecule has 1 atom stereocenters. The van der Waals surface area contributed by atoms with E-state index in [0.717, 1.165) is 11.1 Å². The molecule has 1 N–H and O–H groups in total. The smallest absolute Gasteiger partial charge is 0.261 e. The number of hydrogen-bond acceptors (Lipinski definition) is 3. The lowest BCUT2D eigenvalue weighted by Gasteiger charge is -2.28. The average molecular weight is 454 g/mol. The second-order valence-corrected chi connectivity index (χ2v) is 7.45. The number of rotatable bonds is 7. The second-order valence-electron chi connectivity index (χ2n) is 6.16. The fourth-order valence-corrected chi connectivity index (χ4v) is 3.29. The summed E-state index contributed by atoms with van der Waals surface area (Å²) in [6.07, 6.45) is 0. The largest absolute Gasteiger partial charge is 0.483 e. The molecule has 2 aromatic carbocycles. The van der Waals surface area contributed by atoms with Crippen molar-refractivity contribution in [3.05, 3.63) is 63.1 Å². The van der Waals surface area contributed by atoms with E-state index in [0.29, 0.717) is 21.8 Å².